The van der Waals surface area contributed by atoms with Crippen molar-refractivity contribution < 1.29 is 14.3 Å². The van der Waals surface area contributed by atoms with Crippen LogP contribution in [0.1, 0.15) is 19.6 Å². The van der Waals surface area contributed by atoms with E-state index in [1.165, 1.54) is 23.6 Å². The monoisotopic (exact) mass is 347 g/mol. The number of hydrogen-bond acceptors (Lipinski definition) is 5. The fourth-order valence-electron chi connectivity index (χ4n) is 1.82. The largest absolute Gasteiger partial charge is 0.507 e. The molecule has 1 amide bonds. The summed E-state index contributed by atoms with van der Waals surface area (Å²) < 4.78 is 6.22. The van der Waals surface area contributed by atoms with Gasteiger partial charge < -0.3 is 14.4 Å². The van der Waals surface area contributed by atoms with E-state index in [2.05, 4.69) is 0 Å². The highest BCUT2D eigenvalue weighted by Gasteiger charge is 2.11. The Balaban J connectivity index is 2.13. The van der Waals surface area contributed by atoms with Crippen molar-refractivity contribution in [3.8, 4) is 17.1 Å². The lowest BCUT2D eigenvalue weighted by atomic mass is 10.1. The quantitative estimate of drug-likeness (QED) is 0.828. The van der Waals surface area contributed by atoms with Crippen LogP contribution in [0.2, 0.25) is 0 Å². The molecule has 0 aliphatic heterocycles. The Hall–Kier alpha value is -2.05. The average molecular weight is 347 g/mol. The van der Waals surface area contributed by atoms with Gasteiger partial charge in [0.15, 0.2) is 0 Å². The second-order valence-corrected chi connectivity index (χ2v) is 6.80. The molecule has 1 aromatic carbocycles. The number of aromatic hydroxyl groups is 1. The number of benzene rings is 1. The van der Waals surface area contributed by atoms with E-state index < -0.39 is 0 Å². The van der Waals surface area contributed by atoms with E-state index in [0.29, 0.717) is 21.4 Å². The maximum atomic E-state index is 11.3. The highest BCUT2D eigenvalue weighted by Crippen LogP contribution is 2.31. The molecule has 0 saturated heterocycles. The summed E-state index contributed by atoms with van der Waals surface area (Å²) in [6, 6.07) is 10.6. The molecule has 1 aromatic heterocycles. The van der Waals surface area contributed by atoms with Crippen LogP contribution in [0.25, 0.3) is 17.4 Å². The first-order valence-corrected chi connectivity index (χ1v) is 8.13. The average Bonchev–Trinajstić information content (AvgIpc) is 2.94. The summed E-state index contributed by atoms with van der Waals surface area (Å²) in [5.41, 5.74) is 0.643. The van der Waals surface area contributed by atoms with Crippen molar-refractivity contribution in [3.63, 3.8) is 0 Å². The first kappa shape index (κ1) is 17.3. The molecule has 0 fully saturated rings. The van der Waals surface area contributed by atoms with Crippen molar-refractivity contribution in [2.24, 2.45) is 0 Å². The standard InChI is InChI=1S/C17H17NO3S2/c1-11(23-17(22)18(3)12(2)19)10-13-8-9-16(21-13)14-6-4-5-7-15(14)20/h4-10,20H,1-3H3/b11-10-. The highest BCUT2D eigenvalue weighted by molar-refractivity contribution is 8.25. The van der Waals surface area contributed by atoms with Crippen molar-refractivity contribution in [3.05, 3.63) is 47.1 Å². The molecule has 0 bridgehead atoms. The van der Waals surface area contributed by atoms with Crippen LogP contribution in [-0.4, -0.2) is 27.3 Å². The minimum Gasteiger partial charge on any atom is -0.507 e. The summed E-state index contributed by atoms with van der Waals surface area (Å²) in [7, 11) is 1.65. The molecular formula is C17H17NO3S2. The first-order chi connectivity index (χ1) is 10.9. The van der Waals surface area contributed by atoms with E-state index >= 15 is 0 Å². The molecule has 2 aromatic rings. The molecule has 1 N–H and O–H groups in total. The summed E-state index contributed by atoms with van der Waals surface area (Å²) in [5.74, 6) is 1.32. The maximum Gasteiger partial charge on any atom is 0.224 e. The van der Waals surface area contributed by atoms with Gasteiger partial charge in [0, 0.05) is 14.0 Å². The van der Waals surface area contributed by atoms with Crippen LogP contribution in [0.15, 0.2) is 45.7 Å². The molecule has 0 aliphatic carbocycles. The zero-order valence-corrected chi connectivity index (χ0v) is 14.7. The van der Waals surface area contributed by atoms with E-state index in [4.69, 9.17) is 16.6 Å². The molecule has 0 saturated carbocycles. The van der Waals surface area contributed by atoms with Gasteiger partial charge in [0.2, 0.25) is 5.91 Å². The van der Waals surface area contributed by atoms with Crippen LogP contribution in [-0.2, 0) is 4.79 Å². The van der Waals surface area contributed by atoms with Gasteiger partial charge >= 0.3 is 0 Å². The predicted octanol–water partition coefficient (Wildman–Crippen LogP) is 4.51. The Labute approximate surface area is 144 Å². The zero-order valence-electron chi connectivity index (χ0n) is 13.1. The van der Waals surface area contributed by atoms with Crippen LogP contribution in [0, 0.1) is 0 Å². The van der Waals surface area contributed by atoms with Gasteiger partial charge in [0.25, 0.3) is 0 Å². The third-order valence-corrected chi connectivity index (χ3v) is 4.55. The molecule has 2 rings (SSSR count). The number of hydrogen-bond donors (Lipinski definition) is 1. The lowest BCUT2D eigenvalue weighted by molar-refractivity contribution is -0.123. The molecule has 0 atom stereocenters. The number of furan rings is 1. The smallest absolute Gasteiger partial charge is 0.224 e. The SMILES string of the molecule is CC(=O)N(C)C(=S)S/C(C)=C\c1ccc(-c2ccccc2O)o1. The Bertz CT molecular complexity index is 765. The van der Waals surface area contributed by atoms with Gasteiger partial charge in [-0.15, -0.1) is 0 Å². The number of carbonyl (C=O) groups excluding carboxylic acids is 1. The fraction of sp³-hybridized carbons (Fsp3) is 0.176. The third kappa shape index (κ3) is 4.46. The van der Waals surface area contributed by atoms with Crippen molar-refractivity contribution in [2.45, 2.75) is 13.8 Å². The van der Waals surface area contributed by atoms with Crippen molar-refractivity contribution >= 4 is 40.3 Å². The summed E-state index contributed by atoms with van der Waals surface area (Å²) in [5, 5.41) is 9.85. The zero-order chi connectivity index (χ0) is 17.0. The Kier molecular flexibility index (Phi) is 5.63. The number of thioether (sulfide) groups is 1. The molecule has 6 heteroatoms. The number of phenols is 1. The molecule has 23 heavy (non-hydrogen) atoms. The van der Waals surface area contributed by atoms with E-state index in [9.17, 15) is 9.90 Å². The lowest BCUT2D eigenvalue weighted by Crippen LogP contribution is -2.27. The highest BCUT2D eigenvalue weighted by atomic mass is 32.2. The molecule has 0 aliphatic rings. The number of amides is 1. The van der Waals surface area contributed by atoms with Crippen LogP contribution in [0.3, 0.4) is 0 Å². The third-order valence-electron chi connectivity index (χ3n) is 3.14. The van der Waals surface area contributed by atoms with Gasteiger partial charge in [-0.1, -0.05) is 36.1 Å². The molecule has 0 radical (unpaired) electrons. The Morgan fingerprint density at radius 3 is 2.61 bits per heavy atom. The van der Waals surface area contributed by atoms with Crippen LogP contribution >= 0.6 is 24.0 Å². The number of allylic oxidation sites excluding steroid dienone is 1. The lowest BCUT2D eigenvalue weighted by Gasteiger charge is -2.14. The van der Waals surface area contributed by atoms with Crippen LogP contribution in [0.5, 0.6) is 5.75 Å². The van der Waals surface area contributed by atoms with Crippen LogP contribution in [0.4, 0.5) is 0 Å². The van der Waals surface area contributed by atoms with Crippen LogP contribution < -0.4 is 0 Å². The van der Waals surface area contributed by atoms with Gasteiger partial charge in [0.1, 0.15) is 21.6 Å². The summed E-state index contributed by atoms with van der Waals surface area (Å²) in [4.78, 5) is 13.6. The molecular weight excluding hydrogens is 330 g/mol. The van der Waals surface area contributed by atoms with E-state index in [-0.39, 0.29) is 11.7 Å². The van der Waals surface area contributed by atoms with Crippen molar-refractivity contribution in [1.82, 2.24) is 4.90 Å². The van der Waals surface area contributed by atoms with E-state index in [1.54, 1.807) is 31.3 Å². The number of thiocarbonyl (C=S) groups is 1. The molecule has 0 unspecified atom stereocenters. The first-order valence-electron chi connectivity index (χ1n) is 6.91. The van der Waals surface area contributed by atoms with Crippen molar-refractivity contribution in [2.75, 3.05) is 7.05 Å². The Morgan fingerprint density at radius 1 is 1.26 bits per heavy atom. The number of carbonyl (C=O) groups is 1. The molecule has 0 spiro atoms. The molecule has 1 heterocycles. The van der Waals surface area contributed by atoms with Gasteiger partial charge in [-0.2, -0.15) is 0 Å². The molecule has 4 nitrogen and oxygen atoms in total. The molecule has 120 valence electrons. The van der Waals surface area contributed by atoms with Gasteiger partial charge in [-0.25, -0.2) is 0 Å². The fourth-order valence-corrected chi connectivity index (χ4v) is 3.06. The predicted molar refractivity (Wildman–Crippen MR) is 98.1 cm³/mol. The minimum absolute atomic E-state index is 0.102. The number of phenolic OH excluding ortho intramolecular Hbond substituents is 1. The van der Waals surface area contributed by atoms with E-state index in [1.807, 2.05) is 25.1 Å². The normalized spacial score (nSPS) is 11.3. The topological polar surface area (TPSA) is 53.7 Å². The second kappa shape index (κ2) is 7.48. The number of nitrogens with zero attached hydrogens (tertiary/aromatic N) is 1. The van der Waals surface area contributed by atoms with E-state index in [0.717, 1.165) is 4.91 Å². The maximum absolute atomic E-state index is 11.3. The summed E-state index contributed by atoms with van der Waals surface area (Å²) in [6.07, 6.45) is 1.84. The van der Waals surface area contributed by atoms with Gasteiger partial charge in [-0.05, 0) is 42.2 Å². The summed E-state index contributed by atoms with van der Waals surface area (Å²) in [6.45, 7) is 3.37. The van der Waals surface area contributed by atoms with Gasteiger partial charge in [0.05, 0.1) is 5.56 Å². The Morgan fingerprint density at radius 2 is 1.96 bits per heavy atom. The summed E-state index contributed by atoms with van der Waals surface area (Å²) >= 11 is 6.54. The van der Waals surface area contributed by atoms with Gasteiger partial charge in [-0.3, -0.25) is 4.79 Å². The second-order valence-electron chi connectivity index (χ2n) is 4.92. The minimum atomic E-state index is -0.102. The van der Waals surface area contributed by atoms with Crippen molar-refractivity contribution in [1.29, 1.82) is 0 Å². The number of rotatable bonds is 3. The number of para-hydroxylation sites is 1.